The standard InChI is InChI=1S/C18H21NO3S/c1-3-23(22)17-7-5-4-6-15(17)18(21)19-12-16(20)14-10-8-13(2)9-11-14/h4-11,16,20H,3,12H2,1-2H3,(H,19,21). The van der Waals surface area contributed by atoms with E-state index in [0.717, 1.165) is 11.1 Å². The number of carbonyl (C=O) groups is 1. The van der Waals surface area contributed by atoms with Crippen LogP contribution in [0.25, 0.3) is 0 Å². The summed E-state index contributed by atoms with van der Waals surface area (Å²) in [4.78, 5) is 12.8. The quantitative estimate of drug-likeness (QED) is 0.855. The Morgan fingerprint density at radius 1 is 1.17 bits per heavy atom. The fourth-order valence-corrected chi connectivity index (χ4v) is 3.15. The van der Waals surface area contributed by atoms with Crippen molar-refractivity contribution < 1.29 is 14.1 Å². The molecule has 0 bridgehead atoms. The van der Waals surface area contributed by atoms with Crippen LogP contribution >= 0.6 is 0 Å². The molecule has 4 nitrogen and oxygen atoms in total. The lowest BCUT2D eigenvalue weighted by Crippen LogP contribution is -2.29. The Hall–Kier alpha value is -1.98. The molecule has 5 heteroatoms. The lowest BCUT2D eigenvalue weighted by Gasteiger charge is -2.14. The van der Waals surface area contributed by atoms with E-state index in [1.807, 2.05) is 38.1 Å². The summed E-state index contributed by atoms with van der Waals surface area (Å²) in [6.07, 6.45) is -0.775. The minimum Gasteiger partial charge on any atom is -0.387 e. The maximum Gasteiger partial charge on any atom is 0.252 e. The zero-order valence-corrected chi connectivity index (χ0v) is 14.1. The van der Waals surface area contributed by atoms with Crippen molar-refractivity contribution in [2.75, 3.05) is 12.3 Å². The summed E-state index contributed by atoms with van der Waals surface area (Å²) in [5, 5.41) is 12.9. The van der Waals surface area contributed by atoms with Crippen LogP contribution in [0.15, 0.2) is 53.4 Å². The Bertz CT molecular complexity index is 698. The molecule has 0 aliphatic rings. The van der Waals surface area contributed by atoms with Gasteiger partial charge in [-0.05, 0) is 24.6 Å². The summed E-state index contributed by atoms with van der Waals surface area (Å²) in [5.74, 6) is 0.129. The van der Waals surface area contributed by atoms with Gasteiger partial charge in [-0.1, -0.05) is 48.9 Å². The number of aliphatic hydroxyl groups excluding tert-OH is 1. The Balaban J connectivity index is 2.05. The summed E-state index contributed by atoms with van der Waals surface area (Å²) in [5.41, 5.74) is 2.26. The molecule has 0 saturated carbocycles. The van der Waals surface area contributed by atoms with Gasteiger partial charge in [-0.2, -0.15) is 0 Å². The van der Waals surface area contributed by atoms with Gasteiger partial charge in [-0.3, -0.25) is 9.00 Å². The Morgan fingerprint density at radius 3 is 2.48 bits per heavy atom. The molecular weight excluding hydrogens is 310 g/mol. The van der Waals surface area contributed by atoms with Crippen molar-refractivity contribution in [2.45, 2.75) is 24.8 Å². The van der Waals surface area contributed by atoms with E-state index in [-0.39, 0.29) is 12.5 Å². The smallest absolute Gasteiger partial charge is 0.252 e. The minimum absolute atomic E-state index is 0.106. The molecule has 0 fully saturated rings. The lowest BCUT2D eigenvalue weighted by molar-refractivity contribution is 0.0913. The molecule has 2 N–H and O–H groups in total. The second-order valence-corrected chi connectivity index (χ2v) is 6.98. The van der Waals surface area contributed by atoms with Crippen LogP contribution in [-0.4, -0.2) is 27.5 Å². The maximum absolute atomic E-state index is 12.3. The molecule has 0 aliphatic heterocycles. The van der Waals surface area contributed by atoms with Crippen LogP contribution in [0.5, 0.6) is 0 Å². The predicted octanol–water partition coefficient (Wildman–Crippen LogP) is 2.59. The fraction of sp³-hybridized carbons (Fsp3) is 0.278. The number of aliphatic hydroxyl groups is 1. The van der Waals surface area contributed by atoms with Gasteiger partial charge < -0.3 is 10.4 Å². The molecule has 0 aliphatic carbocycles. The van der Waals surface area contributed by atoms with Gasteiger partial charge >= 0.3 is 0 Å². The summed E-state index contributed by atoms with van der Waals surface area (Å²) in [6, 6.07) is 14.4. The second-order valence-electron chi connectivity index (χ2n) is 5.27. The molecule has 2 aromatic rings. The van der Waals surface area contributed by atoms with Gasteiger partial charge in [0.05, 0.1) is 27.4 Å². The molecule has 1 amide bonds. The molecule has 0 aromatic heterocycles. The molecule has 23 heavy (non-hydrogen) atoms. The van der Waals surface area contributed by atoms with E-state index in [1.54, 1.807) is 24.3 Å². The highest BCUT2D eigenvalue weighted by atomic mass is 32.2. The number of hydrogen-bond donors (Lipinski definition) is 2. The number of carbonyl (C=O) groups excluding carboxylic acids is 1. The van der Waals surface area contributed by atoms with Gasteiger partial charge in [0.2, 0.25) is 0 Å². The highest BCUT2D eigenvalue weighted by Crippen LogP contribution is 2.15. The van der Waals surface area contributed by atoms with Crippen LogP contribution < -0.4 is 5.32 Å². The van der Waals surface area contributed by atoms with E-state index >= 15 is 0 Å². The van der Waals surface area contributed by atoms with Crippen molar-refractivity contribution >= 4 is 16.7 Å². The van der Waals surface area contributed by atoms with Crippen LogP contribution in [0.3, 0.4) is 0 Å². The molecular formula is C18H21NO3S. The van der Waals surface area contributed by atoms with Crippen LogP contribution in [0.2, 0.25) is 0 Å². The Labute approximate surface area is 139 Å². The van der Waals surface area contributed by atoms with Crippen LogP contribution in [0.1, 0.15) is 34.5 Å². The monoisotopic (exact) mass is 331 g/mol. The molecule has 2 rings (SSSR count). The largest absolute Gasteiger partial charge is 0.387 e. The molecule has 2 unspecified atom stereocenters. The van der Waals surface area contributed by atoms with Crippen LogP contribution in [-0.2, 0) is 10.8 Å². The van der Waals surface area contributed by atoms with Gasteiger partial charge in [-0.25, -0.2) is 0 Å². The summed E-state index contributed by atoms with van der Waals surface area (Å²) in [7, 11) is -1.20. The first-order valence-corrected chi connectivity index (χ1v) is 8.85. The third-order valence-corrected chi connectivity index (χ3v) is 4.93. The Kier molecular flexibility index (Phi) is 6.07. The summed E-state index contributed by atoms with van der Waals surface area (Å²) < 4.78 is 12.0. The van der Waals surface area contributed by atoms with Gasteiger partial charge in [0, 0.05) is 12.3 Å². The van der Waals surface area contributed by atoms with Crippen molar-refractivity contribution in [1.82, 2.24) is 5.32 Å². The Morgan fingerprint density at radius 2 is 1.83 bits per heavy atom. The second kappa shape index (κ2) is 8.04. The van der Waals surface area contributed by atoms with E-state index in [1.165, 1.54) is 0 Å². The van der Waals surface area contributed by atoms with Gasteiger partial charge in [-0.15, -0.1) is 0 Å². The van der Waals surface area contributed by atoms with Crippen LogP contribution in [0, 0.1) is 6.92 Å². The van der Waals surface area contributed by atoms with E-state index < -0.39 is 16.9 Å². The first-order chi connectivity index (χ1) is 11.0. The third-order valence-electron chi connectivity index (χ3n) is 3.56. The van der Waals surface area contributed by atoms with E-state index in [0.29, 0.717) is 16.2 Å². The zero-order chi connectivity index (χ0) is 16.8. The van der Waals surface area contributed by atoms with Gasteiger partial charge in [0.1, 0.15) is 0 Å². The summed E-state index contributed by atoms with van der Waals surface area (Å²) >= 11 is 0. The number of amides is 1. The molecule has 122 valence electrons. The van der Waals surface area contributed by atoms with Crippen LogP contribution in [0.4, 0.5) is 0 Å². The first-order valence-electron chi connectivity index (χ1n) is 7.53. The topological polar surface area (TPSA) is 66.4 Å². The van der Waals surface area contributed by atoms with E-state index in [4.69, 9.17) is 0 Å². The highest BCUT2D eigenvalue weighted by molar-refractivity contribution is 7.85. The van der Waals surface area contributed by atoms with Crippen molar-refractivity contribution in [3.05, 3.63) is 65.2 Å². The maximum atomic E-state index is 12.3. The third kappa shape index (κ3) is 4.50. The van der Waals surface area contributed by atoms with E-state index in [9.17, 15) is 14.1 Å². The van der Waals surface area contributed by atoms with Crippen molar-refractivity contribution in [3.63, 3.8) is 0 Å². The average Bonchev–Trinajstić information content (AvgIpc) is 2.59. The molecule has 0 radical (unpaired) electrons. The molecule has 0 spiro atoms. The van der Waals surface area contributed by atoms with Crippen molar-refractivity contribution in [3.8, 4) is 0 Å². The number of benzene rings is 2. The number of aryl methyl sites for hydroxylation is 1. The van der Waals surface area contributed by atoms with Crippen molar-refractivity contribution in [2.24, 2.45) is 0 Å². The van der Waals surface area contributed by atoms with Gasteiger partial charge in [0.25, 0.3) is 5.91 Å². The molecule has 0 saturated heterocycles. The predicted molar refractivity (Wildman–Crippen MR) is 91.9 cm³/mol. The number of hydrogen-bond acceptors (Lipinski definition) is 3. The van der Waals surface area contributed by atoms with E-state index in [2.05, 4.69) is 5.32 Å². The zero-order valence-electron chi connectivity index (χ0n) is 13.3. The highest BCUT2D eigenvalue weighted by Gasteiger charge is 2.16. The molecule has 0 heterocycles. The average molecular weight is 331 g/mol. The van der Waals surface area contributed by atoms with Crippen molar-refractivity contribution in [1.29, 1.82) is 0 Å². The normalized spacial score (nSPS) is 13.3. The molecule has 2 aromatic carbocycles. The fourth-order valence-electron chi connectivity index (χ4n) is 2.20. The van der Waals surface area contributed by atoms with Gasteiger partial charge in [0.15, 0.2) is 0 Å². The molecule has 2 atom stereocenters. The first kappa shape index (κ1) is 17.4. The minimum atomic E-state index is -1.20. The summed E-state index contributed by atoms with van der Waals surface area (Å²) in [6.45, 7) is 3.89. The number of rotatable bonds is 6. The SMILES string of the molecule is CCS(=O)c1ccccc1C(=O)NCC(O)c1ccc(C)cc1. The lowest BCUT2D eigenvalue weighted by atomic mass is 10.1. The number of nitrogens with one attached hydrogen (secondary N) is 1.